The van der Waals surface area contributed by atoms with Crippen LogP contribution in [0.3, 0.4) is 0 Å². The van der Waals surface area contributed by atoms with E-state index in [1.54, 1.807) is 0 Å². The van der Waals surface area contributed by atoms with Gasteiger partial charge >= 0.3 is 0 Å². The third-order valence-corrected chi connectivity index (χ3v) is 4.50. The lowest BCUT2D eigenvalue weighted by Gasteiger charge is -1.99. The molecule has 0 saturated carbocycles. The summed E-state index contributed by atoms with van der Waals surface area (Å²) in [5.74, 6) is 0. The average molecular weight is 190 g/mol. The minimum absolute atomic E-state index is 1.13. The van der Waals surface area contributed by atoms with Gasteiger partial charge in [-0.05, 0) is 18.9 Å². The van der Waals surface area contributed by atoms with Crippen LogP contribution in [0.25, 0.3) is 0 Å². The van der Waals surface area contributed by atoms with Crippen LogP contribution in [0.15, 0.2) is 24.3 Å². The highest BCUT2D eigenvalue weighted by molar-refractivity contribution is 6.99. The highest BCUT2D eigenvalue weighted by Crippen LogP contribution is 2.05. The molecule has 4 radical (unpaired) electrons. The van der Waals surface area contributed by atoms with Crippen LogP contribution in [0, 0.1) is 6.92 Å². The van der Waals surface area contributed by atoms with E-state index >= 15 is 0 Å². The second-order valence-corrected chi connectivity index (χ2v) is 6.83. The highest BCUT2D eigenvalue weighted by Gasteiger charge is 1.92. The van der Waals surface area contributed by atoms with Gasteiger partial charge in [-0.1, -0.05) is 42.4 Å². The minimum Gasteiger partial charge on any atom is -0.0759 e. The van der Waals surface area contributed by atoms with Crippen molar-refractivity contribution < 1.29 is 0 Å². The molecule has 0 nitrogen and oxygen atoms in total. The van der Waals surface area contributed by atoms with E-state index in [0.717, 1.165) is 9.04 Å². The fourth-order valence-electron chi connectivity index (χ4n) is 1.09. The van der Waals surface area contributed by atoms with E-state index in [0.29, 0.717) is 0 Å². The van der Waals surface area contributed by atoms with Gasteiger partial charge in [0, 0.05) is 18.1 Å². The Bertz CT molecular complexity index is 216. The second kappa shape index (κ2) is 5.33. The topological polar surface area (TPSA) is 0 Å². The Morgan fingerprint density at radius 3 is 2.42 bits per heavy atom. The van der Waals surface area contributed by atoms with Gasteiger partial charge in [-0.25, -0.2) is 0 Å². The van der Waals surface area contributed by atoms with Crippen molar-refractivity contribution in [2.24, 2.45) is 0 Å². The van der Waals surface area contributed by atoms with Gasteiger partial charge in [-0.2, -0.15) is 0 Å². The van der Waals surface area contributed by atoms with Crippen LogP contribution in [0.2, 0.25) is 12.6 Å². The Labute approximate surface area is 79.8 Å². The first-order valence-electron chi connectivity index (χ1n) is 4.28. The van der Waals surface area contributed by atoms with Gasteiger partial charge in [-0.3, -0.25) is 0 Å². The maximum absolute atomic E-state index is 2.29. The van der Waals surface area contributed by atoms with Crippen molar-refractivity contribution in [1.82, 2.24) is 0 Å². The average Bonchev–Trinajstić information content (AvgIpc) is 2.09. The Balaban J connectivity index is 2.37. The first-order chi connectivity index (χ1) is 5.83. The van der Waals surface area contributed by atoms with Crippen molar-refractivity contribution in [2.75, 3.05) is 0 Å². The molecule has 2 heteroatoms. The molecule has 0 fully saturated rings. The molecule has 0 spiro atoms. The molecule has 62 valence electrons. The quantitative estimate of drug-likeness (QED) is 0.505. The molecule has 0 bridgehead atoms. The monoisotopic (exact) mass is 190 g/mol. The highest BCUT2D eigenvalue weighted by atomic mass is 29.1. The number of benzene rings is 1. The molecule has 0 aromatic heterocycles. The van der Waals surface area contributed by atoms with Gasteiger partial charge in [-0.15, -0.1) is 0 Å². The number of hydrogen-bond donors (Lipinski definition) is 0. The van der Waals surface area contributed by atoms with Crippen molar-refractivity contribution in [1.29, 1.82) is 0 Å². The van der Waals surface area contributed by atoms with E-state index < -0.39 is 0 Å². The summed E-state index contributed by atoms with van der Waals surface area (Å²) in [6, 6.07) is 10.3. The molecular weight excluding hydrogens is 176 g/mol. The molecule has 0 unspecified atom stereocenters. The Hall–Kier alpha value is -0.346. The first-order valence-corrected chi connectivity index (χ1v) is 7.99. The minimum atomic E-state index is 1.13. The van der Waals surface area contributed by atoms with Crippen molar-refractivity contribution in [2.45, 2.75) is 25.9 Å². The molecule has 0 aliphatic rings. The molecule has 1 rings (SSSR count). The van der Waals surface area contributed by atoms with E-state index in [9.17, 15) is 0 Å². The zero-order chi connectivity index (χ0) is 8.81. The van der Waals surface area contributed by atoms with Crippen LogP contribution in [-0.2, 0) is 6.42 Å². The standard InChI is InChI=1S/C10H14Si2/c1-9-3-5-10(6-4-9)7-8-12-11-2/h3-6H,7-8H2,1-2H3. The third-order valence-electron chi connectivity index (χ3n) is 1.84. The van der Waals surface area contributed by atoms with Gasteiger partial charge in [0.1, 0.15) is 0 Å². The summed E-state index contributed by atoms with van der Waals surface area (Å²) in [6.07, 6.45) is 1.26. The van der Waals surface area contributed by atoms with E-state index in [1.165, 1.54) is 32.6 Å². The number of rotatable bonds is 4. The maximum atomic E-state index is 2.29. The molecule has 1 aromatic rings. The molecule has 0 aliphatic carbocycles. The van der Waals surface area contributed by atoms with Crippen LogP contribution in [0.4, 0.5) is 0 Å². The Kier molecular flexibility index (Phi) is 4.32. The lowest BCUT2D eigenvalue weighted by molar-refractivity contribution is 1.13. The van der Waals surface area contributed by atoms with E-state index in [4.69, 9.17) is 0 Å². The van der Waals surface area contributed by atoms with Gasteiger partial charge in [0.05, 0.1) is 0 Å². The first kappa shape index (κ1) is 9.74. The van der Waals surface area contributed by atoms with E-state index in [-0.39, 0.29) is 0 Å². The third kappa shape index (κ3) is 3.37. The van der Waals surface area contributed by atoms with Gasteiger partial charge in [0.2, 0.25) is 0 Å². The summed E-state index contributed by atoms with van der Waals surface area (Å²) in [5, 5.41) is 0. The number of hydrogen-bond acceptors (Lipinski definition) is 0. The number of aryl methyl sites for hydroxylation is 2. The lowest BCUT2D eigenvalue weighted by Crippen LogP contribution is -1.99. The Morgan fingerprint density at radius 2 is 1.83 bits per heavy atom. The van der Waals surface area contributed by atoms with Crippen molar-refractivity contribution >= 4 is 18.1 Å². The second-order valence-electron chi connectivity index (χ2n) is 2.91. The Morgan fingerprint density at radius 1 is 1.17 bits per heavy atom. The van der Waals surface area contributed by atoms with Gasteiger partial charge in [0.25, 0.3) is 0 Å². The summed E-state index contributed by atoms with van der Waals surface area (Å²) in [4.78, 5) is 0. The maximum Gasteiger partial charge on any atom is 0.0222 e. The molecule has 0 N–H and O–H groups in total. The van der Waals surface area contributed by atoms with Crippen LogP contribution in [0.1, 0.15) is 11.1 Å². The molecular formula is C10H14Si2. The van der Waals surface area contributed by atoms with E-state index in [2.05, 4.69) is 37.7 Å². The molecule has 12 heavy (non-hydrogen) atoms. The van der Waals surface area contributed by atoms with Crippen LogP contribution < -0.4 is 0 Å². The van der Waals surface area contributed by atoms with Crippen molar-refractivity contribution in [3.63, 3.8) is 0 Å². The molecule has 0 saturated heterocycles. The summed E-state index contributed by atoms with van der Waals surface area (Å²) in [5.41, 5.74) is 2.85. The van der Waals surface area contributed by atoms with Gasteiger partial charge in [0.15, 0.2) is 0 Å². The summed E-state index contributed by atoms with van der Waals surface area (Å²) in [6.45, 7) is 4.42. The summed E-state index contributed by atoms with van der Waals surface area (Å²) >= 11 is 0. The van der Waals surface area contributed by atoms with E-state index in [1.807, 2.05) is 0 Å². The zero-order valence-corrected chi connectivity index (χ0v) is 9.72. The van der Waals surface area contributed by atoms with Crippen molar-refractivity contribution in [3.8, 4) is 0 Å². The normalized spacial score (nSPS) is 10.2. The molecule has 0 atom stereocenters. The predicted molar refractivity (Wildman–Crippen MR) is 57.1 cm³/mol. The van der Waals surface area contributed by atoms with Crippen LogP contribution in [-0.4, -0.2) is 18.1 Å². The van der Waals surface area contributed by atoms with Crippen LogP contribution in [0.5, 0.6) is 0 Å². The van der Waals surface area contributed by atoms with Crippen LogP contribution >= 0.6 is 0 Å². The smallest absolute Gasteiger partial charge is 0.0222 e. The van der Waals surface area contributed by atoms with Gasteiger partial charge < -0.3 is 0 Å². The fraction of sp³-hybridized carbons (Fsp3) is 0.400. The lowest BCUT2D eigenvalue weighted by atomic mass is 10.1. The summed E-state index contributed by atoms with van der Waals surface area (Å²) in [7, 11) is 2.30. The van der Waals surface area contributed by atoms with Crippen molar-refractivity contribution in [3.05, 3.63) is 35.4 Å². The molecule has 0 amide bonds. The summed E-state index contributed by atoms with van der Waals surface area (Å²) < 4.78 is 0. The largest absolute Gasteiger partial charge is 0.0759 e. The molecule has 1 aromatic carbocycles. The predicted octanol–water partition coefficient (Wildman–Crippen LogP) is 2.33. The molecule has 0 heterocycles. The molecule has 0 aliphatic heterocycles. The fourth-order valence-corrected chi connectivity index (χ4v) is 2.88. The SMILES string of the molecule is C[Si][Si]CCc1ccc(C)cc1. The zero-order valence-electron chi connectivity index (χ0n) is 7.72.